The molecule has 0 unspecified atom stereocenters. The lowest BCUT2D eigenvalue weighted by molar-refractivity contribution is -0.113. The van der Waals surface area contributed by atoms with Crippen molar-refractivity contribution in [3.63, 3.8) is 0 Å². The van der Waals surface area contributed by atoms with Gasteiger partial charge in [-0.2, -0.15) is 0 Å². The third kappa shape index (κ3) is 3.50. The fourth-order valence-electron chi connectivity index (χ4n) is 2.58. The number of aromatic carboxylic acids is 1. The van der Waals surface area contributed by atoms with Crippen molar-refractivity contribution >= 4 is 51.9 Å². The largest absolute Gasteiger partial charge is 0.478 e. The average molecular weight is 369 g/mol. The van der Waals surface area contributed by atoms with Crippen LogP contribution in [0.1, 0.15) is 27.0 Å². The lowest BCUT2D eigenvalue weighted by Gasteiger charge is -2.15. The Morgan fingerprint density at radius 1 is 1.20 bits per heavy atom. The zero-order valence-electron chi connectivity index (χ0n) is 13.6. The highest BCUT2D eigenvalue weighted by Gasteiger charge is 2.33. The van der Waals surface area contributed by atoms with Gasteiger partial charge in [-0.05, 0) is 43.2 Å². The maximum atomic E-state index is 12.8. The van der Waals surface area contributed by atoms with Crippen molar-refractivity contribution in [2.45, 2.75) is 13.8 Å². The molecule has 0 aromatic heterocycles. The molecule has 0 atom stereocenters. The summed E-state index contributed by atoms with van der Waals surface area (Å²) in [6.07, 6.45) is 1.80. The number of aryl methyl sites for hydroxylation is 2. The van der Waals surface area contributed by atoms with Crippen LogP contribution in [0.4, 0.5) is 5.69 Å². The first kappa shape index (κ1) is 17.4. The van der Waals surface area contributed by atoms with Gasteiger partial charge in [-0.1, -0.05) is 59.9 Å². The molecule has 126 valence electrons. The Hall–Kier alpha value is -2.44. The summed E-state index contributed by atoms with van der Waals surface area (Å²) < 4.78 is 0.393. The van der Waals surface area contributed by atoms with Crippen LogP contribution < -0.4 is 4.90 Å². The summed E-state index contributed by atoms with van der Waals surface area (Å²) in [6, 6.07) is 12.7. The van der Waals surface area contributed by atoms with Crippen LogP contribution in [-0.4, -0.2) is 21.3 Å². The molecule has 1 heterocycles. The molecule has 1 aliphatic heterocycles. The van der Waals surface area contributed by atoms with Gasteiger partial charge in [0.05, 0.1) is 16.2 Å². The van der Waals surface area contributed by atoms with Gasteiger partial charge in [0, 0.05) is 0 Å². The minimum atomic E-state index is -1.03. The monoisotopic (exact) mass is 369 g/mol. The first-order chi connectivity index (χ1) is 11.9. The van der Waals surface area contributed by atoms with Gasteiger partial charge in [0.2, 0.25) is 0 Å². The van der Waals surface area contributed by atoms with Crippen molar-refractivity contribution in [3.8, 4) is 0 Å². The standard InChI is InChI=1S/C19H15NO3S2/c1-11-4-3-5-13(8-11)9-16-17(21)20(19(24)25-16)14-7-6-12(2)15(10-14)18(22)23/h3-10H,1-2H3,(H,22,23)/b16-9-. The van der Waals surface area contributed by atoms with E-state index in [1.807, 2.05) is 31.2 Å². The highest BCUT2D eigenvalue weighted by molar-refractivity contribution is 8.27. The van der Waals surface area contributed by atoms with E-state index in [2.05, 4.69) is 0 Å². The Kier molecular flexibility index (Phi) is 4.74. The van der Waals surface area contributed by atoms with Gasteiger partial charge in [-0.3, -0.25) is 9.69 Å². The summed E-state index contributed by atoms with van der Waals surface area (Å²) in [4.78, 5) is 26.0. The summed E-state index contributed by atoms with van der Waals surface area (Å²) >= 11 is 6.56. The minimum Gasteiger partial charge on any atom is -0.478 e. The summed E-state index contributed by atoms with van der Waals surface area (Å²) in [6.45, 7) is 3.71. The van der Waals surface area contributed by atoms with E-state index in [1.54, 1.807) is 25.1 Å². The van der Waals surface area contributed by atoms with E-state index in [4.69, 9.17) is 12.2 Å². The number of anilines is 1. The van der Waals surface area contributed by atoms with E-state index in [1.165, 1.54) is 22.7 Å². The van der Waals surface area contributed by atoms with Crippen LogP contribution >= 0.6 is 24.0 Å². The molecule has 0 saturated carbocycles. The topological polar surface area (TPSA) is 57.6 Å². The van der Waals surface area contributed by atoms with E-state index in [-0.39, 0.29) is 11.5 Å². The summed E-state index contributed by atoms with van der Waals surface area (Å²) in [7, 11) is 0. The molecule has 2 aromatic rings. The van der Waals surface area contributed by atoms with Crippen LogP contribution in [0.25, 0.3) is 6.08 Å². The number of hydrogen-bond donors (Lipinski definition) is 1. The third-order valence-corrected chi connectivity index (χ3v) is 5.15. The number of carbonyl (C=O) groups excluding carboxylic acids is 1. The Morgan fingerprint density at radius 3 is 2.64 bits per heavy atom. The fourth-order valence-corrected chi connectivity index (χ4v) is 3.88. The first-order valence-corrected chi connectivity index (χ1v) is 8.78. The Balaban J connectivity index is 1.97. The van der Waals surface area contributed by atoms with E-state index < -0.39 is 5.97 Å². The second-order valence-corrected chi connectivity index (χ2v) is 7.41. The molecule has 1 amide bonds. The summed E-state index contributed by atoms with van der Waals surface area (Å²) in [5.74, 6) is -1.27. The molecule has 1 fully saturated rings. The predicted octanol–water partition coefficient (Wildman–Crippen LogP) is 4.41. The molecule has 1 N–H and O–H groups in total. The van der Waals surface area contributed by atoms with Crippen molar-refractivity contribution in [1.82, 2.24) is 0 Å². The predicted molar refractivity (Wildman–Crippen MR) is 105 cm³/mol. The van der Waals surface area contributed by atoms with Crippen molar-refractivity contribution in [3.05, 3.63) is 69.6 Å². The Labute approximate surface area is 155 Å². The SMILES string of the molecule is Cc1cccc(/C=C2\SC(=S)N(c3ccc(C)c(C(=O)O)c3)C2=O)c1. The molecule has 0 bridgehead atoms. The number of rotatable bonds is 3. The molecule has 0 radical (unpaired) electrons. The van der Waals surface area contributed by atoms with Crippen molar-refractivity contribution in [2.24, 2.45) is 0 Å². The van der Waals surface area contributed by atoms with Crippen molar-refractivity contribution in [1.29, 1.82) is 0 Å². The molecular formula is C19H15NO3S2. The maximum absolute atomic E-state index is 12.8. The molecule has 25 heavy (non-hydrogen) atoms. The second-order valence-electron chi connectivity index (χ2n) is 5.74. The molecule has 0 spiro atoms. The number of carbonyl (C=O) groups is 2. The van der Waals surface area contributed by atoms with Gasteiger partial charge >= 0.3 is 5.97 Å². The minimum absolute atomic E-state index is 0.161. The highest BCUT2D eigenvalue weighted by Crippen LogP contribution is 2.36. The highest BCUT2D eigenvalue weighted by atomic mass is 32.2. The van der Waals surface area contributed by atoms with Crippen molar-refractivity contribution in [2.75, 3.05) is 4.90 Å². The number of carboxylic acid groups (broad SMARTS) is 1. The number of thiocarbonyl (C=S) groups is 1. The number of nitrogens with zero attached hydrogens (tertiary/aromatic N) is 1. The Bertz CT molecular complexity index is 934. The van der Waals surface area contributed by atoms with E-state index in [0.717, 1.165) is 11.1 Å². The van der Waals surface area contributed by atoms with E-state index in [0.29, 0.717) is 20.5 Å². The van der Waals surface area contributed by atoms with Crippen LogP contribution in [0.15, 0.2) is 47.4 Å². The smallest absolute Gasteiger partial charge is 0.336 e. The molecular weight excluding hydrogens is 354 g/mol. The number of thioether (sulfide) groups is 1. The molecule has 0 aliphatic carbocycles. The fraction of sp³-hybridized carbons (Fsp3) is 0.105. The van der Waals surface area contributed by atoms with Gasteiger partial charge < -0.3 is 5.11 Å². The average Bonchev–Trinajstić information content (AvgIpc) is 2.82. The van der Waals surface area contributed by atoms with Gasteiger partial charge in [-0.15, -0.1) is 0 Å². The number of hydrogen-bond acceptors (Lipinski definition) is 4. The molecule has 1 saturated heterocycles. The Morgan fingerprint density at radius 2 is 1.96 bits per heavy atom. The van der Waals surface area contributed by atoms with Gasteiger partial charge in [0.1, 0.15) is 0 Å². The van der Waals surface area contributed by atoms with Crippen LogP contribution in [0.5, 0.6) is 0 Å². The quantitative estimate of drug-likeness (QED) is 0.642. The van der Waals surface area contributed by atoms with Crippen LogP contribution in [0.2, 0.25) is 0 Å². The second kappa shape index (κ2) is 6.82. The number of carboxylic acids is 1. The van der Waals surface area contributed by atoms with E-state index >= 15 is 0 Å². The number of amides is 1. The summed E-state index contributed by atoms with van der Waals surface area (Å²) in [5, 5.41) is 9.28. The normalized spacial score (nSPS) is 15.9. The zero-order chi connectivity index (χ0) is 18.1. The molecule has 2 aromatic carbocycles. The molecule has 1 aliphatic rings. The zero-order valence-corrected chi connectivity index (χ0v) is 15.3. The molecule has 3 rings (SSSR count). The van der Waals surface area contributed by atoms with Gasteiger partial charge in [0.25, 0.3) is 5.91 Å². The third-order valence-electron chi connectivity index (χ3n) is 3.84. The van der Waals surface area contributed by atoms with E-state index in [9.17, 15) is 14.7 Å². The molecule has 4 nitrogen and oxygen atoms in total. The summed E-state index contributed by atoms with van der Waals surface area (Å²) in [5.41, 5.74) is 3.30. The lowest BCUT2D eigenvalue weighted by Crippen LogP contribution is -2.27. The number of benzene rings is 2. The first-order valence-electron chi connectivity index (χ1n) is 7.55. The lowest BCUT2D eigenvalue weighted by atomic mass is 10.1. The van der Waals surface area contributed by atoms with Gasteiger partial charge in [0.15, 0.2) is 4.32 Å². The van der Waals surface area contributed by atoms with Crippen LogP contribution in [0.3, 0.4) is 0 Å². The van der Waals surface area contributed by atoms with Crippen LogP contribution in [-0.2, 0) is 4.79 Å². The molecule has 6 heteroatoms. The van der Waals surface area contributed by atoms with Gasteiger partial charge in [-0.25, -0.2) is 4.79 Å². The van der Waals surface area contributed by atoms with Crippen LogP contribution in [0, 0.1) is 13.8 Å². The van der Waals surface area contributed by atoms with Crippen molar-refractivity contribution < 1.29 is 14.7 Å². The maximum Gasteiger partial charge on any atom is 0.336 e.